The van der Waals surface area contributed by atoms with E-state index in [4.69, 9.17) is 0 Å². The summed E-state index contributed by atoms with van der Waals surface area (Å²) in [4.78, 5) is 1.82. The molecule has 1 N–H and O–H groups in total. The number of piperazine rings is 1. The van der Waals surface area contributed by atoms with E-state index in [2.05, 4.69) is 5.32 Å². The normalized spacial score (nSPS) is 19.1. The van der Waals surface area contributed by atoms with Crippen molar-refractivity contribution in [2.45, 2.75) is 25.6 Å². The second-order valence-corrected chi connectivity index (χ2v) is 5.12. The molecule has 0 bridgehead atoms. The van der Waals surface area contributed by atoms with Gasteiger partial charge in [0, 0.05) is 32.2 Å². The molecule has 0 amide bonds. The lowest BCUT2D eigenvalue weighted by Gasteiger charge is -2.36. The third-order valence-electron chi connectivity index (χ3n) is 3.61. The number of benzene rings is 1. The first-order valence-corrected chi connectivity index (χ1v) is 6.64. The molecule has 1 aliphatic heterocycles. The monoisotopic (exact) mass is 290 g/mol. The highest BCUT2D eigenvalue weighted by atomic mass is 19.4. The van der Waals surface area contributed by atoms with Crippen molar-refractivity contribution in [3.8, 4) is 0 Å². The number of nitrogens with one attached hydrogen (secondary N) is 1. The molecule has 2 nitrogen and oxygen atoms in total. The van der Waals surface area contributed by atoms with Crippen molar-refractivity contribution in [1.82, 2.24) is 10.2 Å². The van der Waals surface area contributed by atoms with Crippen LogP contribution in [0, 0.1) is 12.7 Å². The minimum absolute atomic E-state index is 0.419. The summed E-state index contributed by atoms with van der Waals surface area (Å²) in [5.74, 6) is -0.419. The molecule has 1 saturated heterocycles. The molecule has 1 aliphatic rings. The molecule has 1 atom stereocenters. The maximum Gasteiger partial charge on any atom is 0.390 e. The molecule has 1 fully saturated rings. The Balaban J connectivity index is 2.29. The maximum absolute atomic E-state index is 13.1. The predicted molar refractivity (Wildman–Crippen MR) is 69.0 cm³/mol. The van der Waals surface area contributed by atoms with Gasteiger partial charge in [-0.3, -0.25) is 4.90 Å². The van der Waals surface area contributed by atoms with E-state index in [9.17, 15) is 17.6 Å². The number of hydrogen-bond donors (Lipinski definition) is 1. The molecule has 0 spiro atoms. The Hall–Kier alpha value is -1.14. The molecule has 0 saturated carbocycles. The van der Waals surface area contributed by atoms with Crippen LogP contribution in [0.1, 0.15) is 23.6 Å². The van der Waals surface area contributed by atoms with E-state index in [-0.39, 0.29) is 0 Å². The molecule has 0 radical (unpaired) electrons. The first kappa shape index (κ1) is 15.3. The lowest BCUT2D eigenvalue weighted by Crippen LogP contribution is -2.46. The highest BCUT2D eigenvalue weighted by Gasteiger charge is 2.36. The fraction of sp³-hybridized carbons (Fsp3) is 0.571. The van der Waals surface area contributed by atoms with Crippen molar-refractivity contribution in [2.75, 3.05) is 26.2 Å². The Morgan fingerprint density at radius 1 is 1.25 bits per heavy atom. The topological polar surface area (TPSA) is 15.3 Å². The van der Waals surface area contributed by atoms with Crippen molar-refractivity contribution >= 4 is 0 Å². The molecule has 20 heavy (non-hydrogen) atoms. The van der Waals surface area contributed by atoms with Gasteiger partial charge in [-0.15, -0.1) is 0 Å². The number of rotatable bonds is 3. The van der Waals surface area contributed by atoms with Crippen LogP contribution < -0.4 is 5.32 Å². The van der Waals surface area contributed by atoms with Crippen LogP contribution in [-0.4, -0.2) is 37.3 Å². The van der Waals surface area contributed by atoms with Gasteiger partial charge in [0.05, 0.1) is 6.42 Å². The fourth-order valence-corrected chi connectivity index (χ4v) is 2.66. The SMILES string of the molecule is Cc1cc(F)ccc1[C@H](CC(F)(F)F)N1CCNCC1. The van der Waals surface area contributed by atoms with Gasteiger partial charge in [0.15, 0.2) is 0 Å². The summed E-state index contributed by atoms with van der Waals surface area (Å²) in [6.07, 6.45) is -5.14. The highest BCUT2D eigenvalue weighted by Crippen LogP contribution is 2.35. The summed E-state index contributed by atoms with van der Waals surface area (Å²) >= 11 is 0. The Labute approximate surface area is 115 Å². The molecule has 1 aromatic carbocycles. The van der Waals surface area contributed by atoms with E-state index < -0.39 is 24.5 Å². The highest BCUT2D eigenvalue weighted by molar-refractivity contribution is 5.30. The van der Waals surface area contributed by atoms with E-state index in [0.29, 0.717) is 37.3 Å². The minimum atomic E-state index is -4.24. The van der Waals surface area contributed by atoms with Gasteiger partial charge in [0.1, 0.15) is 5.82 Å². The third-order valence-corrected chi connectivity index (χ3v) is 3.61. The van der Waals surface area contributed by atoms with E-state index in [1.807, 2.05) is 4.90 Å². The molecule has 2 rings (SSSR count). The van der Waals surface area contributed by atoms with E-state index >= 15 is 0 Å². The lowest BCUT2D eigenvalue weighted by atomic mass is 9.96. The van der Waals surface area contributed by atoms with E-state index in [1.165, 1.54) is 18.2 Å². The summed E-state index contributed by atoms with van der Waals surface area (Å²) in [7, 11) is 0. The van der Waals surface area contributed by atoms with E-state index in [1.54, 1.807) is 6.92 Å². The molecule has 112 valence electrons. The first-order valence-electron chi connectivity index (χ1n) is 6.64. The molecule has 1 aromatic rings. The van der Waals surface area contributed by atoms with Gasteiger partial charge in [0.25, 0.3) is 0 Å². The van der Waals surface area contributed by atoms with Gasteiger partial charge >= 0.3 is 6.18 Å². The van der Waals surface area contributed by atoms with Gasteiger partial charge in [-0.2, -0.15) is 13.2 Å². The second kappa shape index (κ2) is 6.10. The average molecular weight is 290 g/mol. The van der Waals surface area contributed by atoms with Crippen molar-refractivity contribution < 1.29 is 17.6 Å². The Morgan fingerprint density at radius 3 is 2.45 bits per heavy atom. The molecule has 0 aliphatic carbocycles. The molecule has 1 heterocycles. The van der Waals surface area contributed by atoms with Crippen molar-refractivity contribution in [2.24, 2.45) is 0 Å². The maximum atomic E-state index is 13.1. The van der Waals surface area contributed by atoms with Crippen LogP contribution in [0.25, 0.3) is 0 Å². The summed E-state index contributed by atoms with van der Waals surface area (Å²) in [6, 6.07) is 3.26. The number of aryl methyl sites for hydroxylation is 1. The van der Waals surface area contributed by atoms with E-state index in [0.717, 1.165) is 0 Å². The molecular formula is C14H18F4N2. The molecule has 0 aromatic heterocycles. The summed E-state index contributed by atoms with van der Waals surface area (Å²) in [5.41, 5.74) is 1.13. The molecule has 0 unspecified atom stereocenters. The standard InChI is InChI=1S/C14H18F4N2/c1-10-8-11(15)2-3-12(10)13(9-14(16,17)18)20-6-4-19-5-7-20/h2-3,8,13,19H,4-7,9H2,1H3/t13-/m0/s1. The van der Waals surface area contributed by atoms with Gasteiger partial charge in [0.2, 0.25) is 0 Å². The van der Waals surface area contributed by atoms with Gasteiger partial charge in [-0.25, -0.2) is 4.39 Å². The van der Waals surface area contributed by atoms with Crippen molar-refractivity contribution in [3.63, 3.8) is 0 Å². The Morgan fingerprint density at radius 2 is 1.90 bits per heavy atom. The quantitative estimate of drug-likeness (QED) is 0.861. The Kier molecular flexibility index (Phi) is 4.65. The zero-order valence-electron chi connectivity index (χ0n) is 11.3. The van der Waals surface area contributed by atoms with Crippen LogP contribution in [0.3, 0.4) is 0 Å². The average Bonchev–Trinajstić information content (AvgIpc) is 2.36. The third kappa shape index (κ3) is 3.93. The first-order chi connectivity index (χ1) is 9.37. The largest absolute Gasteiger partial charge is 0.390 e. The van der Waals surface area contributed by atoms with Crippen LogP contribution in [0.15, 0.2) is 18.2 Å². The van der Waals surface area contributed by atoms with Crippen LogP contribution in [-0.2, 0) is 0 Å². The minimum Gasteiger partial charge on any atom is -0.314 e. The zero-order chi connectivity index (χ0) is 14.8. The molecule has 6 heteroatoms. The second-order valence-electron chi connectivity index (χ2n) is 5.12. The van der Waals surface area contributed by atoms with Gasteiger partial charge in [-0.05, 0) is 30.2 Å². The zero-order valence-corrected chi connectivity index (χ0v) is 11.3. The number of hydrogen-bond acceptors (Lipinski definition) is 2. The molecular weight excluding hydrogens is 272 g/mol. The predicted octanol–water partition coefficient (Wildman–Crippen LogP) is 3.03. The Bertz CT molecular complexity index is 453. The number of halogens is 4. The van der Waals surface area contributed by atoms with Crippen LogP contribution in [0.2, 0.25) is 0 Å². The van der Waals surface area contributed by atoms with Crippen molar-refractivity contribution in [3.05, 3.63) is 35.1 Å². The van der Waals surface area contributed by atoms with Gasteiger partial charge < -0.3 is 5.32 Å². The summed E-state index contributed by atoms with van der Waals surface area (Å²) in [6.45, 7) is 4.14. The summed E-state index contributed by atoms with van der Waals surface area (Å²) in [5, 5.41) is 3.12. The van der Waals surface area contributed by atoms with Crippen LogP contribution >= 0.6 is 0 Å². The summed E-state index contributed by atoms with van der Waals surface area (Å²) < 4.78 is 51.7. The van der Waals surface area contributed by atoms with Crippen LogP contribution in [0.4, 0.5) is 17.6 Å². The van der Waals surface area contributed by atoms with Gasteiger partial charge in [-0.1, -0.05) is 6.07 Å². The smallest absolute Gasteiger partial charge is 0.314 e. The number of alkyl halides is 3. The van der Waals surface area contributed by atoms with Crippen LogP contribution in [0.5, 0.6) is 0 Å². The lowest BCUT2D eigenvalue weighted by molar-refractivity contribution is -0.148. The number of nitrogens with zero attached hydrogens (tertiary/aromatic N) is 1. The fourth-order valence-electron chi connectivity index (χ4n) is 2.66. The van der Waals surface area contributed by atoms with Crippen molar-refractivity contribution in [1.29, 1.82) is 0 Å².